The summed E-state index contributed by atoms with van der Waals surface area (Å²) in [4.78, 5) is 29.9. The molecule has 1 aliphatic rings. The Morgan fingerprint density at radius 2 is 1.78 bits per heavy atom. The number of fused-ring (bicyclic) bond motifs is 1. The topological polar surface area (TPSA) is 70.5 Å². The van der Waals surface area contributed by atoms with Gasteiger partial charge in [0, 0.05) is 38.1 Å². The Kier molecular flexibility index (Phi) is 6.67. The minimum atomic E-state index is -0.424. The highest BCUT2D eigenvalue weighted by molar-refractivity contribution is 6.05. The number of carbonyl (C=O) groups is 2. The van der Waals surface area contributed by atoms with E-state index in [2.05, 4.69) is 51.5 Å². The van der Waals surface area contributed by atoms with E-state index >= 15 is 0 Å². The summed E-state index contributed by atoms with van der Waals surface area (Å²) in [6.07, 6.45) is 0. The SMILES string of the molecule is CC(=O)C(C)n1nc(C(=O)NC2CN(C)CCN(Cc3ccccc3)C2)c2ccccc21. The van der Waals surface area contributed by atoms with Crippen LogP contribution in [0.5, 0.6) is 0 Å². The van der Waals surface area contributed by atoms with Gasteiger partial charge in [0.2, 0.25) is 0 Å². The second-order valence-electron chi connectivity index (χ2n) is 8.75. The standard InChI is InChI=1S/C25H31N5O2/c1-18(19(2)31)30-23-12-8-7-11-22(23)24(27-30)25(32)26-21-16-28(3)13-14-29(17-21)15-20-9-5-4-6-10-20/h4-12,18,21H,13-17H2,1-3H3,(H,26,32). The molecule has 32 heavy (non-hydrogen) atoms. The molecule has 0 aliphatic carbocycles. The van der Waals surface area contributed by atoms with E-state index in [1.165, 1.54) is 5.56 Å². The molecule has 1 N–H and O–H groups in total. The quantitative estimate of drug-likeness (QED) is 0.647. The molecule has 1 saturated heterocycles. The molecule has 2 atom stereocenters. The lowest BCUT2D eigenvalue weighted by molar-refractivity contribution is -0.119. The Hall–Kier alpha value is -3.03. The lowest BCUT2D eigenvalue weighted by Gasteiger charge is -2.24. The number of nitrogens with one attached hydrogen (secondary N) is 1. The van der Waals surface area contributed by atoms with Crippen molar-refractivity contribution in [2.45, 2.75) is 32.5 Å². The van der Waals surface area contributed by atoms with Gasteiger partial charge in [-0.15, -0.1) is 0 Å². The molecule has 0 radical (unpaired) electrons. The van der Waals surface area contributed by atoms with Crippen molar-refractivity contribution in [3.8, 4) is 0 Å². The zero-order chi connectivity index (χ0) is 22.7. The summed E-state index contributed by atoms with van der Waals surface area (Å²) in [7, 11) is 2.09. The van der Waals surface area contributed by atoms with Crippen LogP contribution in [0.25, 0.3) is 10.9 Å². The average Bonchev–Trinajstić information content (AvgIpc) is 3.08. The first-order chi connectivity index (χ1) is 15.4. The van der Waals surface area contributed by atoms with Gasteiger partial charge >= 0.3 is 0 Å². The van der Waals surface area contributed by atoms with Crippen LogP contribution in [0.4, 0.5) is 0 Å². The molecule has 1 fully saturated rings. The highest BCUT2D eigenvalue weighted by Crippen LogP contribution is 2.22. The number of carbonyl (C=O) groups excluding carboxylic acids is 2. The normalized spacial score (nSPS) is 18.9. The average molecular weight is 434 g/mol. The summed E-state index contributed by atoms with van der Waals surface area (Å²) < 4.78 is 1.66. The van der Waals surface area contributed by atoms with Gasteiger partial charge in [0.05, 0.1) is 11.6 Å². The Morgan fingerprint density at radius 3 is 2.53 bits per heavy atom. The number of hydrogen-bond donors (Lipinski definition) is 1. The summed E-state index contributed by atoms with van der Waals surface area (Å²) >= 11 is 0. The van der Waals surface area contributed by atoms with Gasteiger partial charge < -0.3 is 10.2 Å². The maximum absolute atomic E-state index is 13.3. The largest absolute Gasteiger partial charge is 0.345 e. The molecule has 2 aromatic carbocycles. The fourth-order valence-corrected chi connectivity index (χ4v) is 4.29. The lowest BCUT2D eigenvalue weighted by atomic mass is 10.1. The molecule has 7 heteroatoms. The van der Waals surface area contributed by atoms with Crippen molar-refractivity contribution >= 4 is 22.6 Å². The van der Waals surface area contributed by atoms with E-state index in [0.29, 0.717) is 5.69 Å². The van der Waals surface area contributed by atoms with Crippen molar-refractivity contribution in [3.05, 3.63) is 65.9 Å². The number of benzene rings is 2. The smallest absolute Gasteiger partial charge is 0.272 e. The third-order valence-corrected chi connectivity index (χ3v) is 6.18. The minimum Gasteiger partial charge on any atom is -0.345 e. The molecule has 4 rings (SSSR count). The summed E-state index contributed by atoms with van der Waals surface area (Å²) in [5.74, 6) is -0.192. The zero-order valence-electron chi connectivity index (χ0n) is 19.0. The van der Waals surface area contributed by atoms with Gasteiger partial charge in [-0.3, -0.25) is 19.2 Å². The predicted molar refractivity (Wildman–Crippen MR) is 126 cm³/mol. The number of ketones is 1. The molecule has 0 saturated carbocycles. The molecule has 2 heterocycles. The Labute approximate surface area is 189 Å². The summed E-state index contributed by atoms with van der Waals surface area (Å²) in [5, 5.41) is 8.54. The van der Waals surface area contributed by atoms with Gasteiger partial charge in [0.25, 0.3) is 5.91 Å². The van der Waals surface area contributed by atoms with Gasteiger partial charge in [-0.25, -0.2) is 0 Å². The third-order valence-electron chi connectivity index (χ3n) is 6.18. The van der Waals surface area contributed by atoms with Crippen molar-refractivity contribution in [2.75, 3.05) is 33.2 Å². The predicted octanol–water partition coefficient (Wildman–Crippen LogP) is 2.73. The number of nitrogens with zero attached hydrogens (tertiary/aromatic N) is 4. The van der Waals surface area contributed by atoms with Crippen LogP contribution in [0, 0.1) is 0 Å². The van der Waals surface area contributed by atoms with Crippen molar-refractivity contribution < 1.29 is 9.59 Å². The van der Waals surface area contributed by atoms with Gasteiger partial charge in [0.1, 0.15) is 6.04 Å². The molecule has 7 nitrogen and oxygen atoms in total. The van der Waals surface area contributed by atoms with Crippen LogP contribution in [0.15, 0.2) is 54.6 Å². The van der Waals surface area contributed by atoms with E-state index in [1.807, 2.05) is 37.3 Å². The molecule has 0 bridgehead atoms. The van der Waals surface area contributed by atoms with Crippen LogP contribution in [0.1, 0.15) is 35.9 Å². The molecule has 1 amide bonds. The van der Waals surface area contributed by atoms with Crippen molar-refractivity contribution in [3.63, 3.8) is 0 Å². The fraction of sp³-hybridized carbons (Fsp3) is 0.400. The summed E-state index contributed by atoms with van der Waals surface area (Å²) in [6, 6.07) is 17.6. The van der Waals surface area contributed by atoms with Gasteiger partial charge in [-0.2, -0.15) is 5.10 Å². The van der Waals surface area contributed by atoms with Gasteiger partial charge in [-0.1, -0.05) is 48.5 Å². The Bertz CT molecular complexity index is 1090. The highest BCUT2D eigenvalue weighted by atomic mass is 16.2. The number of para-hydroxylation sites is 1. The van der Waals surface area contributed by atoms with Crippen LogP contribution >= 0.6 is 0 Å². The molecule has 1 aromatic heterocycles. The van der Waals surface area contributed by atoms with E-state index in [0.717, 1.165) is 43.6 Å². The summed E-state index contributed by atoms with van der Waals surface area (Å²) in [5.41, 5.74) is 2.43. The highest BCUT2D eigenvalue weighted by Gasteiger charge is 2.26. The van der Waals surface area contributed by atoms with E-state index in [-0.39, 0.29) is 17.7 Å². The second-order valence-corrected chi connectivity index (χ2v) is 8.75. The van der Waals surface area contributed by atoms with Crippen molar-refractivity contribution in [1.82, 2.24) is 24.9 Å². The van der Waals surface area contributed by atoms with Crippen molar-refractivity contribution in [1.29, 1.82) is 0 Å². The monoisotopic (exact) mass is 433 g/mol. The molecule has 1 aliphatic heterocycles. The first-order valence-corrected chi connectivity index (χ1v) is 11.2. The van der Waals surface area contributed by atoms with E-state index < -0.39 is 6.04 Å². The first kappa shape index (κ1) is 22.2. The van der Waals surface area contributed by atoms with Crippen LogP contribution in [-0.4, -0.2) is 70.5 Å². The van der Waals surface area contributed by atoms with Gasteiger partial charge in [0.15, 0.2) is 11.5 Å². The number of likely N-dealkylation sites (N-methyl/N-ethyl adjacent to an activating group) is 1. The van der Waals surface area contributed by atoms with E-state index in [4.69, 9.17) is 0 Å². The maximum Gasteiger partial charge on any atom is 0.272 e. The Morgan fingerprint density at radius 1 is 1.06 bits per heavy atom. The molecule has 3 aromatic rings. The Balaban J connectivity index is 1.54. The summed E-state index contributed by atoms with van der Waals surface area (Å²) in [6.45, 7) is 7.66. The number of hydrogen-bond acceptors (Lipinski definition) is 5. The third kappa shape index (κ3) is 4.89. The first-order valence-electron chi connectivity index (χ1n) is 11.2. The zero-order valence-corrected chi connectivity index (χ0v) is 19.0. The van der Waals surface area contributed by atoms with Crippen LogP contribution < -0.4 is 5.32 Å². The number of rotatable bonds is 6. The second kappa shape index (κ2) is 9.63. The molecular formula is C25H31N5O2. The van der Waals surface area contributed by atoms with Gasteiger partial charge in [-0.05, 0) is 32.5 Å². The molecule has 2 unspecified atom stereocenters. The minimum absolute atomic E-state index is 0.00663. The molecule has 168 valence electrons. The number of amides is 1. The van der Waals surface area contributed by atoms with E-state index in [1.54, 1.807) is 11.6 Å². The van der Waals surface area contributed by atoms with Crippen LogP contribution in [-0.2, 0) is 11.3 Å². The van der Waals surface area contributed by atoms with Crippen LogP contribution in [0.2, 0.25) is 0 Å². The lowest BCUT2D eigenvalue weighted by Crippen LogP contribution is -2.46. The van der Waals surface area contributed by atoms with E-state index in [9.17, 15) is 9.59 Å². The molecular weight excluding hydrogens is 402 g/mol. The fourth-order valence-electron chi connectivity index (χ4n) is 4.29. The van der Waals surface area contributed by atoms with Crippen molar-refractivity contribution in [2.24, 2.45) is 0 Å². The number of aromatic nitrogens is 2. The van der Waals surface area contributed by atoms with Crippen LogP contribution in [0.3, 0.4) is 0 Å². The number of Topliss-reactive ketones (excluding diaryl/α,β-unsaturated/α-hetero) is 1. The molecule has 0 spiro atoms. The maximum atomic E-state index is 13.3.